The van der Waals surface area contributed by atoms with Gasteiger partial charge in [0.15, 0.2) is 0 Å². The molecule has 36 heavy (non-hydrogen) atoms. The topological polar surface area (TPSA) is 72.6 Å². The molecule has 0 radical (unpaired) electrons. The van der Waals surface area contributed by atoms with Crippen LogP contribution in [0.4, 0.5) is 13.2 Å². The first-order chi connectivity index (χ1) is 17.2. The molecule has 1 atom stereocenters. The maximum atomic E-state index is 12.8. The molecule has 8 heteroatoms. The lowest BCUT2D eigenvalue weighted by Gasteiger charge is -2.15. The fourth-order valence-corrected chi connectivity index (χ4v) is 3.84. The average molecular weight is 495 g/mol. The second-order valence-electron chi connectivity index (χ2n) is 8.35. The summed E-state index contributed by atoms with van der Waals surface area (Å²) in [4.78, 5) is 16.3. The number of aromatic nitrogens is 1. The van der Waals surface area contributed by atoms with E-state index in [2.05, 4.69) is 4.98 Å². The van der Waals surface area contributed by atoms with Crippen LogP contribution in [-0.4, -0.2) is 22.7 Å². The number of hydrogen-bond donors (Lipinski definition) is 1. The van der Waals surface area contributed by atoms with Crippen LogP contribution in [0, 0.1) is 6.92 Å². The largest absolute Gasteiger partial charge is 0.493 e. The Hall–Kier alpha value is -4.07. The van der Waals surface area contributed by atoms with Crippen molar-refractivity contribution in [3.63, 3.8) is 0 Å². The molecule has 1 heterocycles. The maximum Gasteiger partial charge on any atom is 0.416 e. The van der Waals surface area contributed by atoms with Crippen molar-refractivity contribution in [3.05, 3.63) is 107 Å². The minimum absolute atomic E-state index is 0.140. The molecule has 0 aliphatic carbocycles. The molecular formula is C28H24F3NO4. The molecule has 0 saturated heterocycles. The number of carboxylic acid groups (broad SMARTS) is 1. The third-order valence-electron chi connectivity index (χ3n) is 5.82. The number of carboxylic acids is 1. The Morgan fingerprint density at radius 1 is 1.00 bits per heavy atom. The first-order valence-corrected chi connectivity index (χ1v) is 11.3. The van der Waals surface area contributed by atoms with Crippen LogP contribution in [0.25, 0.3) is 11.5 Å². The first kappa shape index (κ1) is 25.0. The molecule has 186 valence electrons. The lowest BCUT2D eigenvalue weighted by Crippen LogP contribution is -2.15. The summed E-state index contributed by atoms with van der Waals surface area (Å²) in [7, 11) is 0. The summed E-state index contributed by atoms with van der Waals surface area (Å²) < 4.78 is 50.0. The van der Waals surface area contributed by atoms with Crippen molar-refractivity contribution >= 4 is 5.97 Å². The van der Waals surface area contributed by atoms with Crippen LogP contribution in [-0.2, 0) is 23.8 Å². The Bertz CT molecular complexity index is 1300. The maximum absolute atomic E-state index is 12.8. The highest BCUT2D eigenvalue weighted by molar-refractivity contribution is 5.76. The molecule has 4 rings (SSSR count). The molecule has 0 spiro atoms. The predicted octanol–water partition coefficient (Wildman–Crippen LogP) is 6.70. The van der Waals surface area contributed by atoms with Gasteiger partial charge in [0.25, 0.3) is 0 Å². The first-order valence-electron chi connectivity index (χ1n) is 11.3. The molecule has 4 aromatic rings. The molecule has 0 fully saturated rings. The van der Waals surface area contributed by atoms with E-state index in [0.29, 0.717) is 30.2 Å². The number of rotatable bonds is 9. The van der Waals surface area contributed by atoms with Gasteiger partial charge in [0.2, 0.25) is 5.89 Å². The molecule has 5 nitrogen and oxygen atoms in total. The summed E-state index contributed by atoms with van der Waals surface area (Å²) in [6.07, 6.45) is -3.77. The van der Waals surface area contributed by atoms with Crippen LogP contribution in [0.1, 0.15) is 34.1 Å². The Balaban J connectivity index is 1.34. The van der Waals surface area contributed by atoms with Gasteiger partial charge in [-0.1, -0.05) is 42.5 Å². The summed E-state index contributed by atoms with van der Waals surface area (Å²) >= 11 is 0. The van der Waals surface area contributed by atoms with Crippen molar-refractivity contribution in [2.24, 2.45) is 0 Å². The summed E-state index contributed by atoms with van der Waals surface area (Å²) in [6.45, 7) is 2.24. The van der Waals surface area contributed by atoms with E-state index in [9.17, 15) is 23.1 Å². The minimum atomic E-state index is -4.47. The highest BCUT2D eigenvalue weighted by Crippen LogP contribution is 2.31. The predicted molar refractivity (Wildman–Crippen MR) is 128 cm³/mol. The summed E-state index contributed by atoms with van der Waals surface area (Å²) in [5.41, 5.74) is 1.95. The normalized spacial score (nSPS) is 12.3. The van der Waals surface area contributed by atoms with Crippen LogP contribution in [0.3, 0.4) is 0 Å². The molecule has 1 unspecified atom stereocenters. The smallest absolute Gasteiger partial charge is 0.416 e. The van der Waals surface area contributed by atoms with E-state index in [0.717, 1.165) is 34.7 Å². The average Bonchev–Trinajstić information content (AvgIpc) is 3.24. The lowest BCUT2D eigenvalue weighted by molar-refractivity contribution is -0.138. The standard InChI is InChI=1S/C28H24F3NO4/c1-18-25(32-26(36-18)21-5-3-2-4-6-21)15-16-35-23-13-7-19(8-14-23)17-24(27(33)34)20-9-11-22(12-10-20)28(29,30)31/h2-14,24H,15-17H2,1H3,(H,33,34). The Morgan fingerprint density at radius 3 is 2.28 bits per heavy atom. The zero-order chi connectivity index (χ0) is 25.7. The number of ether oxygens (including phenoxy) is 1. The number of aryl methyl sites for hydroxylation is 1. The minimum Gasteiger partial charge on any atom is -0.493 e. The van der Waals surface area contributed by atoms with Crippen molar-refractivity contribution in [2.75, 3.05) is 6.61 Å². The Labute approximate surface area is 206 Å². The molecule has 1 aromatic heterocycles. The van der Waals surface area contributed by atoms with E-state index in [1.165, 1.54) is 12.1 Å². The lowest BCUT2D eigenvalue weighted by atomic mass is 9.91. The second-order valence-corrected chi connectivity index (χ2v) is 8.35. The van der Waals surface area contributed by atoms with E-state index in [1.807, 2.05) is 37.3 Å². The number of aliphatic carboxylic acids is 1. The number of halogens is 3. The van der Waals surface area contributed by atoms with Gasteiger partial charge in [-0.2, -0.15) is 13.2 Å². The molecular weight excluding hydrogens is 471 g/mol. The number of hydrogen-bond acceptors (Lipinski definition) is 4. The highest BCUT2D eigenvalue weighted by atomic mass is 19.4. The molecule has 1 N–H and O–H groups in total. The number of alkyl halides is 3. The van der Waals surface area contributed by atoms with Gasteiger partial charge in [-0.05, 0) is 60.9 Å². The van der Waals surface area contributed by atoms with Gasteiger partial charge in [-0.3, -0.25) is 4.79 Å². The van der Waals surface area contributed by atoms with Crippen LogP contribution in [0.15, 0.2) is 83.3 Å². The third-order valence-corrected chi connectivity index (χ3v) is 5.82. The quantitative estimate of drug-likeness (QED) is 0.280. The van der Waals surface area contributed by atoms with E-state index in [-0.39, 0.29) is 6.42 Å². The number of benzene rings is 3. The van der Waals surface area contributed by atoms with Crippen molar-refractivity contribution in [1.29, 1.82) is 0 Å². The number of nitrogens with zero attached hydrogens (tertiary/aromatic N) is 1. The van der Waals surface area contributed by atoms with Gasteiger partial charge >= 0.3 is 12.1 Å². The molecule has 0 saturated carbocycles. The fraction of sp³-hybridized carbons (Fsp3) is 0.214. The molecule has 3 aromatic carbocycles. The van der Waals surface area contributed by atoms with Crippen molar-refractivity contribution in [2.45, 2.75) is 31.9 Å². The summed E-state index contributed by atoms with van der Waals surface area (Å²) in [5.74, 6) is -0.158. The van der Waals surface area contributed by atoms with E-state index in [1.54, 1.807) is 24.3 Å². The third kappa shape index (κ3) is 6.13. The van der Waals surface area contributed by atoms with Gasteiger partial charge in [0.05, 0.1) is 23.8 Å². The zero-order valence-electron chi connectivity index (χ0n) is 19.5. The van der Waals surface area contributed by atoms with Crippen molar-refractivity contribution < 1.29 is 32.2 Å². The SMILES string of the molecule is Cc1oc(-c2ccccc2)nc1CCOc1ccc(CC(C(=O)O)c2ccc(C(F)(F)F)cc2)cc1. The van der Waals surface area contributed by atoms with E-state index >= 15 is 0 Å². The highest BCUT2D eigenvalue weighted by Gasteiger charge is 2.31. The van der Waals surface area contributed by atoms with Gasteiger partial charge in [-0.25, -0.2) is 4.98 Å². The van der Waals surface area contributed by atoms with Crippen LogP contribution < -0.4 is 4.74 Å². The fourth-order valence-electron chi connectivity index (χ4n) is 3.84. The van der Waals surface area contributed by atoms with Crippen LogP contribution in [0.2, 0.25) is 0 Å². The summed E-state index contributed by atoms with van der Waals surface area (Å²) in [6, 6.07) is 20.9. The monoisotopic (exact) mass is 495 g/mol. The van der Waals surface area contributed by atoms with Crippen molar-refractivity contribution in [1.82, 2.24) is 4.98 Å². The van der Waals surface area contributed by atoms with Crippen LogP contribution in [0.5, 0.6) is 5.75 Å². The van der Waals surface area contributed by atoms with Gasteiger partial charge < -0.3 is 14.3 Å². The second kappa shape index (κ2) is 10.7. The number of oxazole rings is 1. The van der Waals surface area contributed by atoms with Crippen LogP contribution >= 0.6 is 0 Å². The Morgan fingerprint density at radius 2 is 1.67 bits per heavy atom. The van der Waals surface area contributed by atoms with E-state index in [4.69, 9.17) is 9.15 Å². The molecule has 0 aliphatic heterocycles. The van der Waals surface area contributed by atoms with Gasteiger partial charge in [-0.15, -0.1) is 0 Å². The van der Waals surface area contributed by atoms with Crippen molar-refractivity contribution in [3.8, 4) is 17.2 Å². The zero-order valence-corrected chi connectivity index (χ0v) is 19.5. The van der Waals surface area contributed by atoms with Gasteiger partial charge in [0, 0.05) is 12.0 Å². The Kier molecular flexibility index (Phi) is 7.43. The van der Waals surface area contributed by atoms with Gasteiger partial charge in [0.1, 0.15) is 11.5 Å². The number of carbonyl (C=O) groups is 1. The molecule has 0 aliphatic rings. The van der Waals surface area contributed by atoms with E-state index < -0.39 is 23.6 Å². The summed E-state index contributed by atoms with van der Waals surface area (Å²) in [5, 5.41) is 9.63. The molecule has 0 bridgehead atoms. The molecule has 0 amide bonds.